The van der Waals surface area contributed by atoms with E-state index in [2.05, 4.69) is 31.8 Å². The number of pyridine rings is 1. The third kappa shape index (κ3) is 2.57. The number of rotatable bonds is 0. The van der Waals surface area contributed by atoms with Crippen molar-refractivity contribution in [1.29, 1.82) is 0 Å². The highest BCUT2D eigenvalue weighted by molar-refractivity contribution is 5.48. The minimum atomic E-state index is 0. The second-order valence-corrected chi connectivity index (χ2v) is 4.21. The third-order valence-electron chi connectivity index (χ3n) is 2.17. The summed E-state index contributed by atoms with van der Waals surface area (Å²) in [6.07, 6.45) is 3.05. The van der Waals surface area contributed by atoms with E-state index in [4.69, 9.17) is 0 Å². The van der Waals surface area contributed by atoms with Crippen LogP contribution in [0.25, 0.3) is 0 Å². The Labute approximate surface area is 88.6 Å². The van der Waals surface area contributed by atoms with E-state index in [1.807, 2.05) is 20.0 Å². The van der Waals surface area contributed by atoms with Crippen molar-refractivity contribution in [3.8, 4) is 0 Å². The second-order valence-electron chi connectivity index (χ2n) is 4.21. The summed E-state index contributed by atoms with van der Waals surface area (Å²) in [4.78, 5) is 4.25. The summed E-state index contributed by atoms with van der Waals surface area (Å²) in [6.45, 7) is 10.8. The summed E-state index contributed by atoms with van der Waals surface area (Å²) in [6, 6.07) is 2.14. The molecular weight excluding hydrogens is 170 g/mol. The van der Waals surface area contributed by atoms with Crippen LogP contribution in [0.2, 0.25) is 0 Å². The molecule has 0 saturated heterocycles. The monoisotopic (exact) mass is 193 g/mol. The quantitative estimate of drug-likeness (QED) is 0.617. The second kappa shape index (κ2) is 4.59. The largest absolute Gasteiger partial charge is 0.261 e. The first-order valence-electron chi connectivity index (χ1n) is 5.06. The predicted molar refractivity (Wildman–Crippen MR) is 63.8 cm³/mol. The van der Waals surface area contributed by atoms with E-state index in [9.17, 15) is 0 Å². The number of aromatic nitrogens is 1. The van der Waals surface area contributed by atoms with Gasteiger partial charge in [-0.1, -0.05) is 42.0 Å². The fraction of sp³-hybridized carbons (Fsp3) is 0.615. The van der Waals surface area contributed by atoms with Gasteiger partial charge in [0.2, 0.25) is 0 Å². The molecule has 14 heavy (non-hydrogen) atoms. The Hall–Kier alpha value is -0.850. The first-order valence-corrected chi connectivity index (χ1v) is 5.06. The molecule has 1 heteroatoms. The van der Waals surface area contributed by atoms with Crippen LogP contribution in [0.15, 0.2) is 12.3 Å². The van der Waals surface area contributed by atoms with Crippen molar-refractivity contribution in [2.75, 3.05) is 0 Å². The van der Waals surface area contributed by atoms with Gasteiger partial charge in [0.05, 0.1) is 0 Å². The molecule has 0 amide bonds. The van der Waals surface area contributed by atoms with Crippen LogP contribution in [0.4, 0.5) is 0 Å². The zero-order chi connectivity index (χ0) is 10.1. The Kier molecular flexibility index (Phi) is 4.31. The minimum Gasteiger partial charge on any atom is -0.261 e. The minimum absolute atomic E-state index is 0. The molecule has 0 aromatic carbocycles. The van der Waals surface area contributed by atoms with Gasteiger partial charge in [-0.3, -0.25) is 4.98 Å². The molecule has 0 aliphatic heterocycles. The zero-order valence-electron chi connectivity index (χ0n) is 9.31. The Bertz CT molecular complexity index is 295. The number of fused-ring (bicyclic) bond motifs is 1. The van der Waals surface area contributed by atoms with Crippen molar-refractivity contribution in [2.45, 2.75) is 53.9 Å². The SMILES string of the molecule is C.CC.CC(C)(C)c1ccnc2c1C2. The molecule has 0 saturated carbocycles. The average molecular weight is 193 g/mol. The lowest BCUT2D eigenvalue weighted by atomic mass is 9.87. The number of hydrogen-bond donors (Lipinski definition) is 0. The van der Waals surface area contributed by atoms with Gasteiger partial charge in [-0.2, -0.15) is 0 Å². The van der Waals surface area contributed by atoms with Crippen LogP contribution in [-0.2, 0) is 11.8 Å². The summed E-state index contributed by atoms with van der Waals surface area (Å²) in [5.74, 6) is 0. The van der Waals surface area contributed by atoms with E-state index in [0.717, 1.165) is 6.42 Å². The molecule has 1 aliphatic carbocycles. The zero-order valence-corrected chi connectivity index (χ0v) is 9.31. The number of hydrogen-bond acceptors (Lipinski definition) is 1. The molecule has 0 N–H and O–H groups in total. The molecule has 0 fully saturated rings. The molecular formula is C13H23N. The van der Waals surface area contributed by atoms with Gasteiger partial charge < -0.3 is 0 Å². The van der Waals surface area contributed by atoms with Gasteiger partial charge >= 0.3 is 0 Å². The maximum absolute atomic E-state index is 4.25. The summed E-state index contributed by atoms with van der Waals surface area (Å²) >= 11 is 0. The summed E-state index contributed by atoms with van der Waals surface area (Å²) in [5, 5.41) is 0. The number of nitrogens with zero attached hydrogens (tertiary/aromatic N) is 1. The van der Waals surface area contributed by atoms with Crippen molar-refractivity contribution in [3.63, 3.8) is 0 Å². The lowest BCUT2D eigenvalue weighted by molar-refractivity contribution is 0.588. The standard InChI is InChI=1S/C10H13N.C2H6.CH4/c1-10(2,3)8-4-5-11-9-6-7(8)9;1-2;/h4-5H,6H2,1-3H3;1-2H3;1H4. The van der Waals surface area contributed by atoms with E-state index in [1.54, 1.807) is 0 Å². The first-order chi connectivity index (χ1) is 6.09. The van der Waals surface area contributed by atoms with Crippen LogP contribution in [0, 0.1) is 0 Å². The van der Waals surface area contributed by atoms with Crippen LogP contribution in [-0.4, -0.2) is 4.98 Å². The summed E-state index contributed by atoms with van der Waals surface area (Å²) < 4.78 is 0. The maximum atomic E-state index is 4.25. The van der Waals surface area contributed by atoms with Crippen LogP contribution < -0.4 is 0 Å². The van der Waals surface area contributed by atoms with Gasteiger partial charge in [0.1, 0.15) is 0 Å². The van der Waals surface area contributed by atoms with Crippen molar-refractivity contribution < 1.29 is 0 Å². The fourth-order valence-corrected chi connectivity index (χ4v) is 1.50. The van der Waals surface area contributed by atoms with Crippen molar-refractivity contribution in [1.82, 2.24) is 4.98 Å². The van der Waals surface area contributed by atoms with Gasteiger partial charge in [-0.05, 0) is 22.6 Å². The molecule has 0 unspecified atom stereocenters. The molecule has 0 radical (unpaired) electrons. The van der Waals surface area contributed by atoms with Crippen molar-refractivity contribution in [3.05, 3.63) is 29.1 Å². The Balaban J connectivity index is 0.000000531. The topological polar surface area (TPSA) is 12.9 Å². The molecule has 0 spiro atoms. The molecule has 0 bridgehead atoms. The highest BCUT2D eigenvalue weighted by Gasteiger charge is 2.28. The smallest absolute Gasteiger partial charge is 0.0487 e. The van der Waals surface area contributed by atoms with Crippen LogP contribution in [0.5, 0.6) is 0 Å². The molecule has 0 atom stereocenters. The summed E-state index contributed by atoms with van der Waals surface area (Å²) in [7, 11) is 0. The predicted octanol–water partition coefficient (Wildman–Crippen LogP) is 3.95. The molecule has 1 aromatic rings. The van der Waals surface area contributed by atoms with E-state index in [1.165, 1.54) is 16.8 Å². The third-order valence-corrected chi connectivity index (χ3v) is 2.17. The average Bonchev–Trinajstić information content (AvgIpc) is 2.83. The van der Waals surface area contributed by atoms with Crippen molar-refractivity contribution in [2.24, 2.45) is 0 Å². The molecule has 1 aliphatic rings. The van der Waals surface area contributed by atoms with Crippen LogP contribution >= 0.6 is 0 Å². The molecule has 1 nitrogen and oxygen atoms in total. The van der Waals surface area contributed by atoms with Gasteiger partial charge in [-0.15, -0.1) is 0 Å². The van der Waals surface area contributed by atoms with Gasteiger partial charge in [0.15, 0.2) is 0 Å². The lowest BCUT2D eigenvalue weighted by Gasteiger charge is -2.18. The highest BCUT2D eigenvalue weighted by Crippen LogP contribution is 2.35. The fourth-order valence-electron chi connectivity index (χ4n) is 1.50. The summed E-state index contributed by atoms with van der Waals surface area (Å²) in [5.41, 5.74) is 4.56. The molecule has 80 valence electrons. The van der Waals surface area contributed by atoms with E-state index >= 15 is 0 Å². The van der Waals surface area contributed by atoms with E-state index in [-0.39, 0.29) is 7.43 Å². The van der Waals surface area contributed by atoms with Gasteiger partial charge in [-0.25, -0.2) is 0 Å². The Morgan fingerprint density at radius 3 is 2.21 bits per heavy atom. The van der Waals surface area contributed by atoms with Crippen molar-refractivity contribution >= 4 is 0 Å². The molecule has 1 aromatic heterocycles. The highest BCUT2D eigenvalue weighted by atomic mass is 14.7. The van der Waals surface area contributed by atoms with Gasteiger partial charge in [0, 0.05) is 18.3 Å². The normalized spacial score (nSPS) is 11.8. The van der Waals surface area contributed by atoms with E-state index < -0.39 is 0 Å². The molecule has 1 heterocycles. The van der Waals surface area contributed by atoms with Crippen LogP contribution in [0.1, 0.15) is 58.9 Å². The van der Waals surface area contributed by atoms with Crippen LogP contribution in [0.3, 0.4) is 0 Å². The molecule has 2 rings (SSSR count). The lowest BCUT2D eigenvalue weighted by Crippen LogP contribution is -2.11. The maximum Gasteiger partial charge on any atom is 0.0487 e. The Morgan fingerprint density at radius 1 is 1.21 bits per heavy atom. The first kappa shape index (κ1) is 13.2. The van der Waals surface area contributed by atoms with E-state index in [0.29, 0.717) is 5.41 Å². The Morgan fingerprint density at radius 2 is 1.79 bits per heavy atom. The van der Waals surface area contributed by atoms with Gasteiger partial charge in [0.25, 0.3) is 0 Å².